The summed E-state index contributed by atoms with van der Waals surface area (Å²) in [5.74, 6) is 0. The van der Waals surface area contributed by atoms with Crippen molar-refractivity contribution in [2.24, 2.45) is 0 Å². The predicted molar refractivity (Wildman–Crippen MR) is 83.2 cm³/mol. The Morgan fingerprint density at radius 1 is 1.19 bits per heavy atom. The van der Waals surface area contributed by atoms with Crippen LogP contribution >= 0.6 is 11.6 Å². The summed E-state index contributed by atoms with van der Waals surface area (Å²) in [5, 5.41) is -0.0179. The maximum atomic E-state index is 12.5. The second-order valence-electron chi connectivity index (χ2n) is 4.11. The molecule has 5 nitrogen and oxygen atoms in total. The Labute approximate surface area is 130 Å². The molecule has 0 bridgehead atoms. The number of sulfonamides is 1. The first-order chi connectivity index (χ1) is 9.86. The van der Waals surface area contributed by atoms with E-state index in [1.165, 1.54) is 19.2 Å². The van der Waals surface area contributed by atoms with Crippen molar-refractivity contribution in [3.63, 3.8) is 0 Å². The summed E-state index contributed by atoms with van der Waals surface area (Å²) in [4.78, 5) is 0.582. The second-order valence-corrected chi connectivity index (χ2v) is 7.82. The molecule has 8 heteroatoms. The van der Waals surface area contributed by atoms with Gasteiger partial charge in [0.05, 0.1) is 20.7 Å². The van der Waals surface area contributed by atoms with E-state index < -0.39 is 20.8 Å². The van der Waals surface area contributed by atoms with Gasteiger partial charge in [0.2, 0.25) is 10.0 Å². The number of nitrogen functional groups attached to an aromatic ring is 1. The van der Waals surface area contributed by atoms with Crippen LogP contribution in [0.5, 0.6) is 0 Å². The molecule has 0 heterocycles. The predicted octanol–water partition coefficient (Wildman–Crippen LogP) is 2.00. The average Bonchev–Trinajstić information content (AvgIpc) is 2.47. The van der Waals surface area contributed by atoms with Gasteiger partial charge in [-0.25, -0.2) is 17.3 Å². The van der Waals surface area contributed by atoms with Gasteiger partial charge in [0.1, 0.15) is 4.90 Å². The van der Waals surface area contributed by atoms with Gasteiger partial charge in [-0.3, -0.25) is 0 Å². The molecule has 21 heavy (non-hydrogen) atoms. The standard InChI is InChI=1S/C13H13ClN2O3S2/c1-16-21(18,19)13-8-12(11(15)7-10(13)14)20(17)9-5-3-2-4-6-9/h2-8,16H,15H2,1H3. The van der Waals surface area contributed by atoms with E-state index in [9.17, 15) is 12.6 Å². The van der Waals surface area contributed by atoms with Crippen molar-refractivity contribution in [2.75, 3.05) is 12.8 Å². The Kier molecular flexibility index (Phi) is 4.67. The molecule has 0 saturated heterocycles. The molecular formula is C13H13ClN2O3S2. The van der Waals surface area contributed by atoms with Crippen LogP contribution in [0.1, 0.15) is 0 Å². The maximum absolute atomic E-state index is 12.5. The molecule has 1 unspecified atom stereocenters. The molecule has 0 radical (unpaired) electrons. The van der Waals surface area contributed by atoms with E-state index in [0.29, 0.717) is 4.90 Å². The van der Waals surface area contributed by atoms with Crippen molar-refractivity contribution >= 4 is 38.1 Å². The molecule has 1 atom stereocenters. The van der Waals surface area contributed by atoms with Crippen LogP contribution in [0, 0.1) is 0 Å². The van der Waals surface area contributed by atoms with E-state index in [2.05, 4.69) is 4.72 Å². The molecule has 2 aromatic carbocycles. The molecule has 0 saturated carbocycles. The van der Waals surface area contributed by atoms with E-state index >= 15 is 0 Å². The molecule has 0 aliphatic rings. The van der Waals surface area contributed by atoms with Crippen molar-refractivity contribution in [3.05, 3.63) is 47.5 Å². The minimum Gasteiger partial charge on any atom is -0.398 e. The normalized spacial score (nSPS) is 13.0. The molecule has 0 aliphatic carbocycles. The van der Waals surface area contributed by atoms with Crippen LogP contribution in [-0.4, -0.2) is 19.7 Å². The van der Waals surface area contributed by atoms with Crippen LogP contribution in [0.25, 0.3) is 0 Å². The summed E-state index contributed by atoms with van der Waals surface area (Å²) in [6, 6.07) is 11.2. The van der Waals surface area contributed by atoms with E-state index in [1.807, 2.05) is 0 Å². The Morgan fingerprint density at radius 3 is 2.38 bits per heavy atom. The van der Waals surface area contributed by atoms with Crippen molar-refractivity contribution in [3.8, 4) is 0 Å². The van der Waals surface area contributed by atoms with Gasteiger partial charge >= 0.3 is 0 Å². The number of anilines is 1. The summed E-state index contributed by atoms with van der Waals surface area (Å²) in [5.41, 5.74) is 6.00. The van der Waals surface area contributed by atoms with Crippen LogP contribution in [-0.2, 0) is 20.8 Å². The number of hydrogen-bond donors (Lipinski definition) is 2. The van der Waals surface area contributed by atoms with E-state index in [4.69, 9.17) is 17.3 Å². The summed E-state index contributed by atoms with van der Waals surface area (Å²) in [6.07, 6.45) is 0. The second kappa shape index (κ2) is 6.15. The van der Waals surface area contributed by atoms with Gasteiger partial charge in [-0.05, 0) is 31.3 Å². The lowest BCUT2D eigenvalue weighted by molar-refractivity contribution is 0.588. The van der Waals surface area contributed by atoms with Gasteiger partial charge in [0.25, 0.3) is 0 Å². The van der Waals surface area contributed by atoms with Crippen molar-refractivity contribution in [1.82, 2.24) is 4.72 Å². The summed E-state index contributed by atoms with van der Waals surface area (Å²) in [6.45, 7) is 0. The first-order valence-corrected chi connectivity index (χ1v) is 8.87. The van der Waals surface area contributed by atoms with Gasteiger partial charge in [-0.15, -0.1) is 0 Å². The smallest absolute Gasteiger partial charge is 0.241 e. The molecule has 2 rings (SSSR count). The van der Waals surface area contributed by atoms with Gasteiger partial charge < -0.3 is 5.73 Å². The zero-order chi connectivity index (χ0) is 15.6. The Balaban J connectivity index is 2.61. The van der Waals surface area contributed by atoms with Gasteiger partial charge in [-0.2, -0.15) is 0 Å². The van der Waals surface area contributed by atoms with E-state index in [-0.39, 0.29) is 20.5 Å². The third-order valence-corrected chi connectivity index (χ3v) is 6.11. The quantitative estimate of drug-likeness (QED) is 0.830. The van der Waals surface area contributed by atoms with Gasteiger partial charge in [0, 0.05) is 10.6 Å². The molecule has 0 fully saturated rings. The number of nitrogens with two attached hydrogens (primary N) is 1. The fourth-order valence-electron chi connectivity index (χ4n) is 1.70. The number of rotatable bonds is 4. The fraction of sp³-hybridized carbons (Fsp3) is 0.0769. The molecule has 0 aliphatic heterocycles. The van der Waals surface area contributed by atoms with E-state index in [0.717, 1.165) is 0 Å². The zero-order valence-corrected chi connectivity index (χ0v) is 13.4. The molecule has 0 amide bonds. The Bertz CT molecular complexity index is 793. The zero-order valence-electron chi connectivity index (χ0n) is 11.0. The molecular weight excluding hydrogens is 332 g/mol. The third kappa shape index (κ3) is 3.26. The van der Waals surface area contributed by atoms with Crippen LogP contribution in [0.15, 0.2) is 57.2 Å². The number of hydrogen-bond acceptors (Lipinski definition) is 4. The molecule has 112 valence electrons. The van der Waals surface area contributed by atoms with Crippen LogP contribution < -0.4 is 10.5 Å². The van der Waals surface area contributed by atoms with Crippen molar-refractivity contribution in [1.29, 1.82) is 0 Å². The van der Waals surface area contributed by atoms with E-state index in [1.54, 1.807) is 30.3 Å². The van der Waals surface area contributed by atoms with Gasteiger partial charge in [0.15, 0.2) is 0 Å². The highest BCUT2D eigenvalue weighted by Gasteiger charge is 2.21. The molecule has 2 aromatic rings. The average molecular weight is 345 g/mol. The molecule has 3 N–H and O–H groups in total. The van der Waals surface area contributed by atoms with Crippen LogP contribution in [0.3, 0.4) is 0 Å². The first-order valence-electron chi connectivity index (χ1n) is 5.86. The summed E-state index contributed by atoms with van der Waals surface area (Å²) < 4.78 is 38.5. The lowest BCUT2D eigenvalue weighted by atomic mass is 10.3. The largest absolute Gasteiger partial charge is 0.398 e. The lowest BCUT2D eigenvalue weighted by Gasteiger charge is -2.11. The summed E-state index contributed by atoms with van der Waals surface area (Å²) >= 11 is 5.92. The SMILES string of the molecule is CNS(=O)(=O)c1cc(S(=O)c2ccccc2)c(N)cc1Cl. The number of benzene rings is 2. The highest BCUT2D eigenvalue weighted by atomic mass is 35.5. The monoisotopic (exact) mass is 344 g/mol. The van der Waals surface area contributed by atoms with Crippen LogP contribution in [0.2, 0.25) is 5.02 Å². The van der Waals surface area contributed by atoms with Gasteiger partial charge in [-0.1, -0.05) is 29.8 Å². The topological polar surface area (TPSA) is 89.3 Å². The maximum Gasteiger partial charge on any atom is 0.241 e. The molecule has 0 spiro atoms. The number of halogens is 1. The Morgan fingerprint density at radius 2 is 1.81 bits per heavy atom. The Hall–Kier alpha value is -1.41. The minimum absolute atomic E-state index is 0.0179. The summed E-state index contributed by atoms with van der Waals surface area (Å²) in [7, 11) is -4.07. The molecule has 0 aromatic heterocycles. The van der Waals surface area contributed by atoms with Crippen molar-refractivity contribution < 1.29 is 12.6 Å². The highest BCUT2D eigenvalue weighted by Crippen LogP contribution is 2.31. The lowest BCUT2D eigenvalue weighted by Crippen LogP contribution is -2.19. The third-order valence-electron chi connectivity index (χ3n) is 2.78. The fourth-order valence-corrected chi connectivity index (χ4v) is 4.21. The minimum atomic E-state index is -3.76. The van der Waals surface area contributed by atoms with Crippen LogP contribution in [0.4, 0.5) is 5.69 Å². The number of nitrogens with one attached hydrogen (secondary N) is 1. The first kappa shape index (κ1) is 16.0. The van der Waals surface area contributed by atoms with Crippen molar-refractivity contribution in [2.45, 2.75) is 14.7 Å². The highest BCUT2D eigenvalue weighted by molar-refractivity contribution is 7.89.